The molecule has 1 aromatic rings. The molecule has 2 atom stereocenters. The summed E-state index contributed by atoms with van der Waals surface area (Å²) in [6.07, 6.45) is 6.49. The second kappa shape index (κ2) is 7.83. The Morgan fingerprint density at radius 1 is 1.35 bits per heavy atom. The summed E-state index contributed by atoms with van der Waals surface area (Å²) < 4.78 is 0. The van der Waals surface area contributed by atoms with Crippen molar-refractivity contribution in [3.63, 3.8) is 0 Å². The first kappa shape index (κ1) is 18.0. The minimum atomic E-state index is 0. The first-order chi connectivity index (χ1) is 8.81. The maximum Gasteiger partial charge on any atom is 0.182 e. The molecular formula is C14H25Cl2N3S. The molecule has 1 N–H and O–H groups in total. The minimum absolute atomic E-state index is 0. The van der Waals surface area contributed by atoms with E-state index < -0.39 is 0 Å². The normalized spacial score (nSPS) is 24.9. The van der Waals surface area contributed by atoms with E-state index in [9.17, 15) is 0 Å². The quantitative estimate of drug-likeness (QED) is 0.912. The number of thiazole rings is 1. The van der Waals surface area contributed by atoms with Crippen molar-refractivity contribution in [2.75, 3.05) is 25.5 Å². The van der Waals surface area contributed by atoms with Gasteiger partial charge in [-0.3, -0.25) is 4.90 Å². The van der Waals surface area contributed by atoms with Crippen LogP contribution in [0.5, 0.6) is 0 Å². The van der Waals surface area contributed by atoms with E-state index in [0.29, 0.717) is 0 Å². The Bertz CT molecular complexity index is 423. The third-order valence-electron chi connectivity index (χ3n) is 4.39. The van der Waals surface area contributed by atoms with Gasteiger partial charge in [0.05, 0.1) is 5.69 Å². The zero-order chi connectivity index (χ0) is 12.5. The van der Waals surface area contributed by atoms with Crippen molar-refractivity contribution < 1.29 is 0 Å². The molecule has 1 aliphatic carbocycles. The number of nitrogens with zero attached hydrogens (tertiary/aromatic N) is 2. The molecule has 0 saturated carbocycles. The Kier molecular flexibility index (Phi) is 7.06. The molecule has 2 aliphatic rings. The molecule has 0 amide bonds. The van der Waals surface area contributed by atoms with Crippen LogP contribution in [0.1, 0.15) is 36.8 Å². The number of piperidine rings is 1. The van der Waals surface area contributed by atoms with E-state index in [0.717, 1.165) is 17.1 Å². The lowest BCUT2D eigenvalue weighted by molar-refractivity contribution is 0.0857. The van der Waals surface area contributed by atoms with Crippen molar-refractivity contribution in [2.24, 2.45) is 5.92 Å². The van der Waals surface area contributed by atoms with Gasteiger partial charge in [0.15, 0.2) is 5.13 Å². The highest BCUT2D eigenvalue weighted by atomic mass is 35.5. The van der Waals surface area contributed by atoms with Gasteiger partial charge in [0.2, 0.25) is 0 Å². The summed E-state index contributed by atoms with van der Waals surface area (Å²) in [4.78, 5) is 8.98. The van der Waals surface area contributed by atoms with Crippen LogP contribution in [-0.4, -0.2) is 36.1 Å². The Morgan fingerprint density at radius 2 is 2.15 bits per heavy atom. The van der Waals surface area contributed by atoms with Crippen molar-refractivity contribution in [3.8, 4) is 0 Å². The molecule has 0 bridgehead atoms. The SMILES string of the molecule is CCCN1CCCC2Cc3nc(NC)sc3CC21.Cl.Cl. The van der Waals surface area contributed by atoms with E-state index in [2.05, 4.69) is 17.1 Å². The average molecular weight is 338 g/mol. The number of hydrogen-bond donors (Lipinski definition) is 1. The molecule has 0 radical (unpaired) electrons. The van der Waals surface area contributed by atoms with Gasteiger partial charge < -0.3 is 5.32 Å². The number of nitrogens with one attached hydrogen (secondary N) is 1. The van der Waals surface area contributed by atoms with Crippen LogP contribution in [0.25, 0.3) is 0 Å². The van der Waals surface area contributed by atoms with Gasteiger partial charge >= 0.3 is 0 Å². The van der Waals surface area contributed by atoms with Crippen LogP contribution in [-0.2, 0) is 12.8 Å². The molecule has 116 valence electrons. The summed E-state index contributed by atoms with van der Waals surface area (Å²) in [5.74, 6) is 0.851. The lowest BCUT2D eigenvalue weighted by Crippen LogP contribution is -2.49. The van der Waals surface area contributed by atoms with E-state index in [1.165, 1.54) is 55.8 Å². The fourth-order valence-electron chi connectivity index (χ4n) is 3.56. The van der Waals surface area contributed by atoms with Crippen LogP contribution in [0.3, 0.4) is 0 Å². The van der Waals surface area contributed by atoms with Crippen LogP contribution in [0.2, 0.25) is 0 Å². The Balaban J connectivity index is 0.000001000. The zero-order valence-corrected chi connectivity index (χ0v) is 14.7. The molecule has 2 unspecified atom stereocenters. The number of hydrogen-bond acceptors (Lipinski definition) is 4. The first-order valence-corrected chi connectivity index (χ1v) is 8.03. The summed E-state index contributed by atoms with van der Waals surface area (Å²) in [5, 5.41) is 4.29. The molecule has 3 rings (SSSR count). The highest BCUT2D eigenvalue weighted by Gasteiger charge is 2.36. The Morgan fingerprint density at radius 3 is 2.85 bits per heavy atom. The van der Waals surface area contributed by atoms with Crippen molar-refractivity contribution in [3.05, 3.63) is 10.6 Å². The topological polar surface area (TPSA) is 28.2 Å². The van der Waals surface area contributed by atoms with E-state index in [1.807, 2.05) is 18.4 Å². The summed E-state index contributed by atoms with van der Waals surface area (Å²) in [6, 6.07) is 0.788. The third kappa shape index (κ3) is 3.41. The molecule has 20 heavy (non-hydrogen) atoms. The van der Waals surface area contributed by atoms with Crippen molar-refractivity contribution in [1.29, 1.82) is 0 Å². The van der Waals surface area contributed by atoms with Gasteiger partial charge in [-0.2, -0.15) is 0 Å². The molecule has 1 aliphatic heterocycles. The second-order valence-corrected chi connectivity index (χ2v) is 6.64. The molecule has 6 heteroatoms. The fourth-order valence-corrected chi connectivity index (χ4v) is 4.55. The number of fused-ring (bicyclic) bond motifs is 2. The van der Waals surface area contributed by atoms with Gasteiger partial charge in [0.25, 0.3) is 0 Å². The van der Waals surface area contributed by atoms with Crippen molar-refractivity contribution >= 4 is 41.3 Å². The largest absolute Gasteiger partial charge is 0.365 e. The Hall–Kier alpha value is -0.0300. The van der Waals surface area contributed by atoms with Gasteiger partial charge in [-0.15, -0.1) is 36.2 Å². The van der Waals surface area contributed by atoms with E-state index in [4.69, 9.17) is 4.98 Å². The van der Waals surface area contributed by atoms with Crippen molar-refractivity contribution in [2.45, 2.75) is 45.1 Å². The van der Waals surface area contributed by atoms with Gasteiger partial charge in [-0.25, -0.2) is 4.98 Å². The van der Waals surface area contributed by atoms with Crippen LogP contribution in [0, 0.1) is 5.92 Å². The molecule has 1 aromatic heterocycles. The van der Waals surface area contributed by atoms with Gasteiger partial charge in [-0.1, -0.05) is 6.92 Å². The molecule has 3 nitrogen and oxygen atoms in total. The van der Waals surface area contributed by atoms with E-state index in [1.54, 1.807) is 0 Å². The summed E-state index contributed by atoms with van der Waals surface area (Å²) >= 11 is 1.86. The number of likely N-dealkylation sites (tertiary alicyclic amines) is 1. The van der Waals surface area contributed by atoms with Gasteiger partial charge in [0, 0.05) is 18.0 Å². The Labute approximate surface area is 138 Å². The molecule has 2 heterocycles. The minimum Gasteiger partial charge on any atom is -0.365 e. The van der Waals surface area contributed by atoms with E-state index >= 15 is 0 Å². The van der Waals surface area contributed by atoms with Crippen LogP contribution < -0.4 is 5.32 Å². The number of halogens is 2. The highest BCUT2D eigenvalue weighted by molar-refractivity contribution is 7.15. The van der Waals surface area contributed by atoms with Gasteiger partial charge in [-0.05, 0) is 51.1 Å². The zero-order valence-electron chi connectivity index (χ0n) is 12.2. The van der Waals surface area contributed by atoms with Crippen LogP contribution in [0.15, 0.2) is 0 Å². The molecular weight excluding hydrogens is 313 g/mol. The maximum absolute atomic E-state index is 4.72. The lowest BCUT2D eigenvalue weighted by atomic mass is 9.79. The van der Waals surface area contributed by atoms with Crippen LogP contribution in [0.4, 0.5) is 5.13 Å². The first-order valence-electron chi connectivity index (χ1n) is 7.22. The van der Waals surface area contributed by atoms with E-state index in [-0.39, 0.29) is 24.8 Å². The molecule has 1 saturated heterocycles. The number of anilines is 1. The smallest absolute Gasteiger partial charge is 0.182 e. The second-order valence-electron chi connectivity index (χ2n) is 5.55. The summed E-state index contributed by atoms with van der Waals surface area (Å²) in [6.45, 7) is 4.87. The lowest BCUT2D eigenvalue weighted by Gasteiger charge is -2.43. The molecule has 0 spiro atoms. The summed E-state index contributed by atoms with van der Waals surface area (Å²) in [5.41, 5.74) is 1.38. The average Bonchev–Trinajstić information content (AvgIpc) is 2.79. The summed E-state index contributed by atoms with van der Waals surface area (Å²) in [7, 11) is 1.97. The maximum atomic E-state index is 4.72. The standard InChI is InChI=1S/C14H23N3S.2ClH/c1-3-6-17-7-4-5-10-8-11-13(9-12(10)17)18-14(15-2)16-11;;/h10,12H,3-9H2,1-2H3,(H,15,16);2*1H. The predicted molar refractivity (Wildman–Crippen MR) is 91.9 cm³/mol. The fraction of sp³-hybridized carbons (Fsp3) is 0.786. The van der Waals surface area contributed by atoms with Gasteiger partial charge in [0.1, 0.15) is 0 Å². The van der Waals surface area contributed by atoms with Crippen LogP contribution >= 0.6 is 36.2 Å². The number of aromatic nitrogens is 1. The highest BCUT2D eigenvalue weighted by Crippen LogP contribution is 2.38. The van der Waals surface area contributed by atoms with Crippen molar-refractivity contribution in [1.82, 2.24) is 9.88 Å². The number of rotatable bonds is 3. The monoisotopic (exact) mass is 337 g/mol. The molecule has 0 aromatic carbocycles. The predicted octanol–water partition coefficient (Wildman–Crippen LogP) is 3.62. The molecule has 1 fully saturated rings. The third-order valence-corrected chi connectivity index (χ3v) is 5.52.